The molecule has 0 unspecified atom stereocenters. The molecule has 0 heterocycles. The van der Waals surface area contributed by atoms with Crippen LogP contribution in [0.15, 0.2) is 60.7 Å². The van der Waals surface area contributed by atoms with Crippen LogP contribution < -0.4 is 10.6 Å². The van der Waals surface area contributed by atoms with Gasteiger partial charge in [-0.1, -0.05) is 177 Å². The Hall–Kier alpha value is -1.33. The van der Waals surface area contributed by atoms with Crippen molar-refractivity contribution in [1.29, 1.82) is 0 Å². The van der Waals surface area contributed by atoms with Gasteiger partial charge < -0.3 is 4.57 Å². The minimum atomic E-state index is -2.52. The lowest BCUT2D eigenvalue weighted by Gasteiger charge is -2.19. The van der Waals surface area contributed by atoms with Gasteiger partial charge in [0.05, 0.1) is 0 Å². The number of benzene rings is 2. The van der Waals surface area contributed by atoms with E-state index < -0.39 is 7.14 Å². The predicted octanol–water partition coefficient (Wildman–Crippen LogP) is 10.0. The van der Waals surface area contributed by atoms with Gasteiger partial charge in [0.2, 0.25) is 0 Å². The van der Waals surface area contributed by atoms with Gasteiger partial charge in [0, 0.05) is 16.8 Å². The number of hydrogen-bond donors (Lipinski definition) is 0. The van der Waals surface area contributed by atoms with E-state index in [4.69, 9.17) is 0 Å². The fraction of sp³-hybridized carbons (Fsp3) is 0.625. The molecule has 1 nitrogen and oxygen atoms in total. The Balaban J connectivity index is 1.47. The molecule has 0 N–H and O–H groups in total. The molecule has 190 valence electrons. The molecule has 0 aliphatic heterocycles. The first kappa shape index (κ1) is 28.9. The standard InChI is InChI=1S/C32H51OP/c1-2-3-4-5-6-7-8-9-10-11-12-13-14-15-16-17-18-25-30-34(33,31-26-21-19-22-27-31)32-28-23-20-24-29-32/h19-24,26-29H,2-18,25,30H2,1H3. The molecule has 0 bridgehead atoms. The minimum absolute atomic E-state index is 0.791. The minimum Gasteiger partial charge on any atom is -0.314 e. The molecule has 0 saturated heterocycles. The molecule has 0 aromatic heterocycles. The fourth-order valence-corrected chi connectivity index (χ4v) is 7.77. The molecule has 34 heavy (non-hydrogen) atoms. The third kappa shape index (κ3) is 11.9. The normalized spacial score (nSPS) is 11.7. The molecule has 2 rings (SSSR count). The Bertz CT molecular complexity index is 712. The Morgan fingerprint density at radius 1 is 0.441 bits per heavy atom. The number of hydrogen-bond acceptors (Lipinski definition) is 1. The number of unbranched alkanes of at least 4 members (excludes halogenated alkanes) is 17. The molecule has 2 aromatic carbocycles. The molecule has 0 fully saturated rings. The van der Waals surface area contributed by atoms with Crippen molar-refractivity contribution in [2.75, 3.05) is 6.16 Å². The van der Waals surface area contributed by atoms with E-state index in [0.29, 0.717) is 0 Å². The molecule has 0 radical (unpaired) electrons. The molecular formula is C32H51OP. The summed E-state index contributed by atoms with van der Waals surface area (Å²) in [6.07, 6.45) is 25.6. The molecule has 0 amide bonds. The van der Waals surface area contributed by atoms with Crippen molar-refractivity contribution < 1.29 is 4.57 Å². The first-order valence-corrected chi connectivity index (χ1v) is 16.4. The Morgan fingerprint density at radius 3 is 1.06 bits per heavy atom. The van der Waals surface area contributed by atoms with Gasteiger partial charge in [-0.05, 0) is 6.42 Å². The van der Waals surface area contributed by atoms with Crippen molar-refractivity contribution in [3.05, 3.63) is 60.7 Å². The van der Waals surface area contributed by atoms with Crippen LogP contribution in [0.1, 0.15) is 122 Å². The first-order valence-electron chi connectivity index (χ1n) is 14.5. The monoisotopic (exact) mass is 482 g/mol. The van der Waals surface area contributed by atoms with E-state index in [-0.39, 0.29) is 0 Å². The largest absolute Gasteiger partial charge is 0.314 e. The average Bonchev–Trinajstić information content (AvgIpc) is 2.89. The lowest BCUT2D eigenvalue weighted by Crippen LogP contribution is -2.18. The second kappa shape index (κ2) is 18.9. The Morgan fingerprint density at radius 2 is 0.735 bits per heavy atom. The zero-order valence-corrected chi connectivity index (χ0v) is 23.0. The molecule has 0 spiro atoms. The topological polar surface area (TPSA) is 17.1 Å². The first-order chi connectivity index (χ1) is 16.8. The van der Waals surface area contributed by atoms with Gasteiger partial charge in [-0.25, -0.2) is 0 Å². The van der Waals surface area contributed by atoms with Crippen molar-refractivity contribution in [3.8, 4) is 0 Å². The third-order valence-electron chi connectivity index (χ3n) is 7.17. The summed E-state index contributed by atoms with van der Waals surface area (Å²) in [4.78, 5) is 0. The van der Waals surface area contributed by atoms with Crippen LogP contribution in [0.5, 0.6) is 0 Å². The van der Waals surface area contributed by atoms with Gasteiger partial charge in [0.25, 0.3) is 0 Å². The fourth-order valence-electron chi connectivity index (χ4n) is 4.98. The molecular weight excluding hydrogens is 431 g/mol. The van der Waals surface area contributed by atoms with Crippen LogP contribution in [0.4, 0.5) is 0 Å². The van der Waals surface area contributed by atoms with Crippen molar-refractivity contribution >= 4 is 17.8 Å². The van der Waals surface area contributed by atoms with Crippen LogP contribution in [0, 0.1) is 0 Å². The lowest BCUT2D eigenvalue weighted by molar-refractivity contribution is 0.526. The van der Waals surface area contributed by atoms with Crippen molar-refractivity contribution in [2.45, 2.75) is 122 Å². The van der Waals surface area contributed by atoms with Gasteiger partial charge >= 0.3 is 0 Å². The molecule has 0 aliphatic carbocycles. The van der Waals surface area contributed by atoms with Crippen molar-refractivity contribution in [3.63, 3.8) is 0 Å². The van der Waals surface area contributed by atoms with Crippen LogP contribution in [0.25, 0.3) is 0 Å². The maximum atomic E-state index is 14.0. The van der Waals surface area contributed by atoms with E-state index in [2.05, 4.69) is 6.92 Å². The summed E-state index contributed by atoms with van der Waals surface area (Å²) in [5.74, 6) is 0. The van der Waals surface area contributed by atoms with E-state index in [1.54, 1.807) is 0 Å². The molecule has 0 atom stereocenters. The second-order valence-corrected chi connectivity index (χ2v) is 13.1. The number of rotatable bonds is 21. The molecule has 0 aliphatic rings. The smallest absolute Gasteiger partial charge is 0.143 e. The second-order valence-electron chi connectivity index (χ2n) is 10.1. The Labute approximate surface area is 211 Å². The van der Waals surface area contributed by atoms with Crippen molar-refractivity contribution in [2.24, 2.45) is 0 Å². The zero-order chi connectivity index (χ0) is 24.2. The third-order valence-corrected chi connectivity index (χ3v) is 10.4. The highest BCUT2D eigenvalue weighted by Gasteiger charge is 2.26. The zero-order valence-electron chi connectivity index (χ0n) is 22.1. The maximum absolute atomic E-state index is 14.0. The molecule has 0 saturated carbocycles. The maximum Gasteiger partial charge on any atom is 0.143 e. The lowest BCUT2D eigenvalue weighted by atomic mass is 10.0. The highest BCUT2D eigenvalue weighted by molar-refractivity contribution is 7.78. The summed E-state index contributed by atoms with van der Waals surface area (Å²) in [5.41, 5.74) is 0. The van der Waals surface area contributed by atoms with Gasteiger partial charge in [0.15, 0.2) is 0 Å². The quantitative estimate of drug-likeness (QED) is 0.128. The summed E-state index contributed by atoms with van der Waals surface area (Å²) < 4.78 is 14.0. The summed E-state index contributed by atoms with van der Waals surface area (Å²) >= 11 is 0. The van der Waals surface area contributed by atoms with Crippen LogP contribution >= 0.6 is 7.14 Å². The van der Waals surface area contributed by atoms with Gasteiger partial charge in [0.1, 0.15) is 7.14 Å². The highest BCUT2D eigenvalue weighted by atomic mass is 31.2. The van der Waals surface area contributed by atoms with Crippen LogP contribution in [-0.2, 0) is 4.57 Å². The summed E-state index contributed by atoms with van der Waals surface area (Å²) in [5, 5.41) is 2.02. The van der Waals surface area contributed by atoms with Gasteiger partial charge in [-0.15, -0.1) is 0 Å². The highest BCUT2D eigenvalue weighted by Crippen LogP contribution is 2.44. The van der Waals surface area contributed by atoms with Crippen LogP contribution in [0.3, 0.4) is 0 Å². The van der Waals surface area contributed by atoms with Gasteiger partial charge in [-0.2, -0.15) is 0 Å². The van der Waals surface area contributed by atoms with E-state index in [1.165, 1.54) is 109 Å². The van der Waals surface area contributed by atoms with Crippen molar-refractivity contribution in [1.82, 2.24) is 0 Å². The molecule has 2 aromatic rings. The Kier molecular flexibility index (Phi) is 16.1. The van der Waals surface area contributed by atoms with E-state index in [1.807, 2.05) is 60.7 Å². The summed E-state index contributed by atoms with van der Waals surface area (Å²) in [7, 11) is -2.52. The van der Waals surface area contributed by atoms with E-state index in [9.17, 15) is 4.57 Å². The average molecular weight is 483 g/mol. The summed E-state index contributed by atoms with van der Waals surface area (Å²) in [6, 6.07) is 20.3. The van der Waals surface area contributed by atoms with Crippen LogP contribution in [0.2, 0.25) is 0 Å². The predicted molar refractivity (Wildman–Crippen MR) is 153 cm³/mol. The molecule has 2 heteroatoms. The van der Waals surface area contributed by atoms with E-state index >= 15 is 0 Å². The van der Waals surface area contributed by atoms with Gasteiger partial charge in [-0.3, -0.25) is 0 Å². The van der Waals surface area contributed by atoms with E-state index in [0.717, 1.165) is 23.2 Å². The van der Waals surface area contributed by atoms with Crippen LogP contribution in [-0.4, -0.2) is 6.16 Å². The SMILES string of the molecule is CCCCCCCCCCCCCCCCCCCCP(=O)(c1ccccc1)c1ccccc1. The summed E-state index contributed by atoms with van der Waals surface area (Å²) in [6.45, 7) is 2.29.